The van der Waals surface area contributed by atoms with E-state index in [1.54, 1.807) is 29.2 Å². The van der Waals surface area contributed by atoms with Gasteiger partial charge in [0.2, 0.25) is 0 Å². The molecular weight excluding hydrogens is 444 g/mol. The molecule has 0 bridgehead atoms. The molecule has 3 fully saturated rings. The summed E-state index contributed by atoms with van der Waals surface area (Å²) in [4.78, 5) is 26.2. The highest BCUT2D eigenvalue weighted by Crippen LogP contribution is 2.35. The Morgan fingerprint density at radius 1 is 1.15 bits per heavy atom. The fraction of sp³-hybridized carbons (Fsp3) is 0.667. The molecule has 4 atom stereocenters. The van der Waals surface area contributed by atoms with Crippen LogP contribution in [0, 0.1) is 12.8 Å². The van der Waals surface area contributed by atoms with E-state index in [9.17, 15) is 18.0 Å². The van der Waals surface area contributed by atoms with Crippen LogP contribution < -0.4 is 5.32 Å². The van der Waals surface area contributed by atoms with Crippen molar-refractivity contribution in [3.63, 3.8) is 0 Å². The van der Waals surface area contributed by atoms with Crippen LogP contribution in [0.25, 0.3) is 0 Å². The van der Waals surface area contributed by atoms with Crippen molar-refractivity contribution in [1.82, 2.24) is 10.2 Å². The first kappa shape index (κ1) is 24.0. The molecule has 2 amide bonds. The molecule has 0 aromatic heterocycles. The molecule has 4 rings (SSSR count). The van der Waals surface area contributed by atoms with Crippen LogP contribution in [-0.2, 0) is 23.8 Å². The predicted molar refractivity (Wildman–Crippen MR) is 122 cm³/mol. The standard InChI is InChI=1S/C24H34N2O6S/c1-16-8-10-20(11-9-16)33(29,30)32-19-14-21-22(15-19)26(24(28)25-21)13-12-23(31-17(2)27)18-6-4-3-5-7-18/h8-11,18-19,21-23H,3-7,12-15H2,1-2H3,(H,25,28). The van der Waals surface area contributed by atoms with Crippen LogP contribution in [0.4, 0.5) is 4.79 Å². The van der Waals surface area contributed by atoms with Crippen molar-refractivity contribution in [3.05, 3.63) is 29.8 Å². The zero-order chi connectivity index (χ0) is 23.6. The third kappa shape index (κ3) is 5.69. The first-order valence-corrected chi connectivity index (χ1v) is 13.4. The van der Waals surface area contributed by atoms with Gasteiger partial charge in [0.25, 0.3) is 10.1 Å². The second-order valence-electron chi connectivity index (χ2n) is 9.61. The average Bonchev–Trinajstić information content (AvgIpc) is 3.27. The molecule has 2 saturated carbocycles. The second-order valence-corrected chi connectivity index (χ2v) is 11.2. The maximum absolute atomic E-state index is 12.7. The van der Waals surface area contributed by atoms with Gasteiger partial charge in [-0.2, -0.15) is 8.42 Å². The molecule has 1 aromatic rings. The van der Waals surface area contributed by atoms with Crippen molar-refractivity contribution < 1.29 is 26.9 Å². The van der Waals surface area contributed by atoms with Gasteiger partial charge in [0.1, 0.15) is 6.10 Å². The number of hydrogen-bond acceptors (Lipinski definition) is 6. The minimum atomic E-state index is -3.86. The Morgan fingerprint density at radius 2 is 1.85 bits per heavy atom. The number of fused-ring (bicyclic) bond motifs is 1. The van der Waals surface area contributed by atoms with Crippen molar-refractivity contribution in [1.29, 1.82) is 0 Å². The molecule has 0 radical (unpaired) electrons. The molecule has 1 aliphatic heterocycles. The largest absolute Gasteiger partial charge is 0.462 e. The molecule has 8 nitrogen and oxygen atoms in total. The van der Waals surface area contributed by atoms with Crippen molar-refractivity contribution in [2.45, 2.75) is 94.4 Å². The third-order valence-corrected chi connectivity index (χ3v) is 8.55. The number of amides is 2. The Bertz CT molecular complexity index is 958. The van der Waals surface area contributed by atoms with E-state index >= 15 is 0 Å². The molecule has 0 spiro atoms. The number of rotatable bonds is 8. The number of nitrogens with one attached hydrogen (secondary N) is 1. The molecule has 4 unspecified atom stereocenters. The van der Waals surface area contributed by atoms with E-state index in [-0.39, 0.29) is 35.1 Å². The quantitative estimate of drug-likeness (QED) is 0.453. The lowest BCUT2D eigenvalue weighted by molar-refractivity contribution is -0.150. The number of nitrogens with zero attached hydrogens (tertiary/aromatic N) is 1. The summed E-state index contributed by atoms with van der Waals surface area (Å²) in [5.74, 6) is 0.0494. The Hall–Kier alpha value is -2.13. The van der Waals surface area contributed by atoms with Crippen LogP contribution in [0.1, 0.15) is 63.9 Å². The van der Waals surface area contributed by atoms with Gasteiger partial charge in [0, 0.05) is 19.9 Å². The molecule has 1 heterocycles. The number of aryl methyl sites for hydroxylation is 1. The number of hydrogen-bond donors (Lipinski definition) is 1. The van der Waals surface area contributed by atoms with Gasteiger partial charge >= 0.3 is 12.0 Å². The zero-order valence-electron chi connectivity index (χ0n) is 19.4. The minimum absolute atomic E-state index is 0.125. The first-order chi connectivity index (χ1) is 15.7. The molecule has 9 heteroatoms. The fourth-order valence-electron chi connectivity index (χ4n) is 5.52. The van der Waals surface area contributed by atoms with Gasteiger partial charge in [0.05, 0.1) is 23.1 Å². The van der Waals surface area contributed by atoms with Crippen molar-refractivity contribution in [2.75, 3.05) is 6.54 Å². The van der Waals surface area contributed by atoms with E-state index in [4.69, 9.17) is 8.92 Å². The highest BCUT2D eigenvalue weighted by Gasteiger charge is 2.47. The van der Waals surface area contributed by atoms with Crippen molar-refractivity contribution in [2.24, 2.45) is 5.92 Å². The van der Waals surface area contributed by atoms with E-state index in [0.29, 0.717) is 31.7 Å². The monoisotopic (exact) mass is 478 g/mol. The first-order valence-electron chi connectivity index (χ1n) is 12.0. The Labute approximate surface area is 196 Å². The Balaban J connectivity index is 1.37. The van der Waals surface area contributed by atoms with Gasteiger partial charge in [-0.15, -0.1) is 0 Å². The third-order valence-electron chi connectivity index (χ3n) is 7.18. The SMILES string of the molecule is CC(=O)OC(CCN1C(=O)NC2CC(OS(=O)(=O)c3ccc(C)cc3)CC21)C1CCCCC1. The van der Waals surface area contributed by atoms with Crippen molar-refractivity contribution in [3.8, 4) is 0 Å². The van der Waals surface area contributed by atoms with Gasteiger partial charge in [-0.1, -0.05) is 37.0 Å². The lowest BCUT2D eigenvalue weighted by Gasteiger charge is -2.31. The summed E-state index contributed by atoms with van der Waals surface area (Å²) in [6.07, 6.45) is 6.41. The number of benzene rings is 1. The average molecular weight is 479 g/mol. The van der Waals surface area contributed by atoms with E-state index in [1.165, 1.54) is 13.3 Å². The molecular formula is C24H34N2O6S. The normalized spacial score (nSPS) is 26.7. The number of carbonyl (C=O) groups is 2. The van der Waals surface area contributed by atoms with E-state index < -0.39 is 16.2 Å². The van der Waals surface area contributed by atoms with Crippen LogP contribution in [0.3, 0.4) is 0 Å². The van der Waals surface area contributed by atoms with Crippen LogP contribution in [0.15, 0.2) is 29.2 Å². The highest BCUT2D eigenvalue weighted by atomic mass is 32.2. The maximum atomic E-state index is 12.7. The summed E-state index contributed by atoms with van der Waals surface area (Å²) in [7, 11) is -3.86. The molecule has 33 heavy (non-hydrogen) atoms. The van der Waals surface area contributed by atoms with E-state index in [2.05, 4.69) is 5.32 Å². The summed E-state index contributed by atoms with van der Waals surface area (Å²) >= 11 is 0. The number of urea groups is 1. The Morgan fingerprint density at radius 3 is 2.52 bits per heavy atom. The summed E-state index contributed by atoms with van der Waals surface area (Å²) in [5.41, 5.74) is 0.975. The van der Waals surface area contributed by atoms with Gasteiger partial charge in [-0.05, 0) is 50.7 Å². The molecule has 182 valence electrons. The topological polar surface area (TPSA) is 102 Å². The predicted octanol–water partition coefficient (Wildman–Crippen LogP) is 3.53. The van der Waals surface area contributed by atoms with Gasteiger partial charge < -0.3 is 15.0 Å². The van der Waals surface area contributed by atoms with Crippen molar-refractivity contribution >= 4 is 22.1 Å². The van der Waals surface area contributed by atoms with Crippen LogP contribution in [0.5, 0.6) is 0 Å². The summed E-state index contributed by atoms with van der Waals surface area (Å²) in [5, 5.41) is 2.98. The smallest absolute Gasteiger partial charge is 0.318 e. The zero-order valence-corrected chi connectivity index (χ0v) is 20.2. The maximum Gasteiger partial charge on any atom is 0.318 e. The molecule has 3 aliphatic rings. The second kappa shape index (κ2) is 10.0. The minimum Gasteiger partial charge on any atom is -0.462 e. The van der Waals surface area contributed by atoms with Gasteiger partial charge in [-0.25, -0.2) is 4.79 Å². The lowest BCUT2D eigenvalue weighted by atomic mass is 9.84. The highest BCUT2D eigenvalue weighted by molar-refractivity contribution is 7.86. The van der Waals surface area contributed by atoms with Gasteiger partial charge in [-0.3, -0.25) is 8.98 Å². The molecule has 1 aromatic carbocycles. The van der Waals surface area contributed by atoms with Gasteiger partial charge in [0.15, 0.2) is 0 Å². The summed E-state index contributed by atoms with van der Waals surface area (Å²) in [6, 6.07) is 6.18. The number of ether oxygens (including phenoxy) is 1. The fourth-order valence-corrected chi connectivity index (χ4v) is 6.62. The molecule has 1 saturated heterocycles. The number of carbonyl (C=O) groups excluding carboxylic acids is 2. The molecule has 2 aliphatic carbocycles. The van der Waals surface area contributed by atoms with E-state index in [0.717, 1.165) is 31.2 Å². The van der Waals surface area contributed by atoms with Crippen LogP contribution in [-0.4, -0.2) is 56.2 Å². The van der Waals surface area contributed by atoms with Crippen LogP contribution in [0.2, 0.25) is 0 Å². The number of esters is 1. The molecule has 1 N–H and O–H groups in total. The Kier molecular flexibility index (Phi) is 7.28. The van der Waals surface area contributed by atoms with E-state index in [1.807, 2.05) is 6.92 Å². The summed E-state index contributed by atoms with van der Waals surface area (Å²) in [6.45, 7) is 3.80. The van der Waals surface area contributed by atoms with Crippen LogP contribution >= 0.6 is 0 Å². The lowest BCUT2D eigenvalue weighted by Crippen LogP contribution is -2.39. The summed E-state index contributed by atoms with van der Waals surface area (Å²) < 4.78 is 36.6.